The van der Waals surface area contributed by atoms with Gasteiger partial charge in [-0.05, 0) is 6.08 Å². The maximum absolute atomic E-state index is 13.5. The van der Waals surface area contributed by atoms with Gasteiger partial charge < -0.3 is 14.6 Å². The smallest absolute Gasteiger partial charge is 0.308 e. The lowest BCUT2D eigenvalue weighted by molar-refractivity contribution is -0.150. The summed E-state index contributed by atoms with van der Waals surface area (Å²) in [6, 6.07) is 0. The van der Waals surface area contributed by atoms with Crippen molar-refractivity contribution in [2.45, 2.75) is 25.1 Å². The van der Waals surface area contributed by atoms with Gasteiger partial charge in [0.05, 0.1) is 26.2 Å². The van der Waals surface area contributed by atoms with Gasteiger partial charge in [-0.2, -0.15) is 0 Å². The molecule has 5 heteroatoms. The molecule has 17 heavy (non-hydrogen) atoms. The van der Waals surface area contributed by atoms with E-state index in [4.69, 9.17) is 14.6 Å². The van der Waals surface area contributed by atoms with Crippen molar-refractivity contribution >= 4 is 5.97 Å². The van der Waals surface area contributed by atoms with Crippen LogP contribution in [0.15, 0.2) is 24.3 Å². The molecule has 2 atom stereocenters. The van der Waals surface area contributed by atoms with E-state index < -0.39 is 18.2 Å². The van der Waals surface area contributed by atoms with E-state index >= 15 is 0 Å². The molecule has 1 aliphatic rings. The maximum Gasteiger partial charge on any atom is 0.308 e. The van der Waals surface area contributed by atoms with Crippen molar-refractivity contribution in [2.24, 2.45) is 0 Å². The molecule has 0 saturated carbocycles. The molecule has 0 spiro atoms. The molecule has 0 aromatic rings. The Labute approximate surface area is 99.7 Å². The summed E-state index contributed by atoms with van der Waals surface area (Å²) in [5.41, 5.74) is 0. The maximum atomic E-state index is 13.5. The summed E-state index contributed by atoms with van der Waals surface area (Å²) in [5, 5.41) is 8.45. The number of hydrogen-bond acceptors (Lipinski definition) is 4. The van der Waals surface area contributed by atoms with Gasteiger partial charge in [-0.15, -0.1) is 0 Å². The number of halogens is 1. The van der Waals surface area contributed by atoms with Crippen LogP contribution in [0.5, 0.6) is 0 Å². The first-order valence-electron chi connectivity index (χ1n) is 5.59. The predicted octanol–water partition coefficient (Wildman–Crippen LogP) is 1.15. The van der Waals surface area contributed by atoms with Crippen LogP contribution in [0.3, 0.4) is 0 Å². The zero-order valence-corrected chi connectivity index (χ0v) is 9.55. The molecular formula is C12H17FO4. The molecule has 0 bridgehead atoms. The van der Waals surface area contributed by atoms with Gasteiger partial charge in [0.25, 0.3) is 0 Å². The fourth-order valence-corrected chi connectivity index (χ4v) is 1.36. The van der Waals surface area contributed by atoms with Crippen molar-refractivity contribution in [2.75, 3.05) is 19.8 Å². The Hall–Kier alpha value is -1.20. The highest BCUT2D eigenvalue weighted by molar-refractivity contribution is 5.69. The van der Waals surface area contributed by atoms with Crippen LogP contribution in [-0.2, 0) is 14.3 Å². The summed E-state index contributed by atoms with van der Waals surface area (Å²) in [4.78, 5) is 11.3. The second-order valence-corrected chi connectivity index (χ2v) is 3.61. The Morgan fingerprint density at radius 3 is 3.00 bits per heavy atom. The molecule has 0 amide bonds. The van der Waals surface area contributed by atoms with Crippen molar-refractivity contribution in [3.8, 4) is 0 Å². The highest BCUT2D eigenvalue weighted by atomic mass is 19.1. The van der Waals surface area contributed by atoms with E-state index in [0.717, 1.165) is 0 Å². The molecule has 0 saturated heterocycles. The molecule has 4 nitrogen and oxygen atoms in total. The lowest BCUT2D eigenvalue weighted by Gasteiger charge is -2.16. The Morgan fingerprint density at radius 2 is 2.24 bits per heavy atom. The number of aliphatic hydroxyl groups is 1. The SMILES string of the molecule is O=C(CCOCCO)OC1C=CC=CC[C@@H]1F. The van der Waals surface area contributed by atoms with Gasteiger partial charge in [0.2, 0.25) is 0 Å². The zero-order chi connectivity index (χ0) is 12.5. The summed E-state index contributed by atoms with van der Waals surface area (Å²) < 4.78 is 23.4. The minimum Gasteiger partial charge on any atom is -0.455 e. The molecular weight excluding hydrogens is 227 g/mol. The molecule has 1 aliphatic carbocycles. The van der Waals surface area contributed by atoms with E-state index in [2.05, 4.69) is 0 Å². The van der Waals surface area contributed by atoms with Crippen LogP contribution in [0.25, 0.3) is 0 Å². The zero-order valence-electron chi connectivity index (χ0n) is 9.55. The van der Waals surface area contributed by atoms with Crippen molar-refractivity contribution in [1.29, 1.82) is 0 Å². The second kappa shape index (κ2) is 7.97. The van der Waals surface area contributed by atoms with Gasteiger partial charge in [-0.3, -0.25) is 4.79 Å². The number of aliphatic hydroxyl groups excluding tert-OH is 1. The summed E-state index contributed by atoms with van der Waals surface area (Å²) >= 11 is 0. The fraction of sp³-hybridized carbons (Fsp3) is 0.583. The molecule has 0 aliphatic heterocycles. The lowest BCUT2D eigenvalue weighted by Crippen LogP contribution is -2.26. The van der Waals surface area contributed by atoms with Crippen LogP contribution in [-0.4, -0.2) is 43.2 Å². The number of rotatable bonds is 6. The quantitative estimate of drug-likeness (QED) is 0.562. The predicted molar refractivity (Wildman–Crippen MR) is 60.2 cm³/mol. The monoisotopic (exact) mass is 244 g/mol. The number of esters is 1. The Kier molecular flexibility index (Phi) is 6.50. The van der Waals surface area contributed by atoms with Crippen LogP contribution >= 0.6 is 0 Å². The average Bonchev–Trinajstić information content (AvgIpc) is 2.51. The molecule has 96 valence electrons. The fourth-order valence-electron chi connectivity index (χ4n) is 1.36. The van der Waals surface area contributed by atoms with E-state index in [1.54, 1.807) is 18.2 Å². The van der Waals surface area contributed by atoms with E-state index in [9.17, 15) is 9.18 Å². The molecule has 0 radical (unpaired) electrons. The highest BCUT2D eigenvalue weighted by Gasteiger charge is 2.22. The molecule has 0 aromatic carbocycles. The molecule has 1 N–H and O–H groups in total. The molecule has 1 rings (SSSR count). The standard InChI is InChI=1S/C12H17FO4/c13-10-4-2-1-3-5-11(10)17-12(15)6-8-16-9-7-14/h1-3,5,10-11,14H,4,6-9H2/t10-,11?/m0/s1. The Bertz CT molecular complexity index is 288. The summed E-state index contributed by atoms with van der Waals surface area (Å²) in [6.07, 6.45) is 4.89. The highest BCUT2D eigenvalue weighted by Crippen LogP contribution is 2.14. The third-order valence-electron chi connectivity index (χ3n) is 2.22. The molecule has 0 fully saturated rings. The topological polar surface area (TPSA) is 55.8 Å². The molecule has 1 unspecified atom stereocenters. The Balaban J connectivity index is 2.25. The van der Waals surface area contributed by atoms with Crippen LogP contribution in [0.4, 0.5) is 4.39 Å². The van der Waals surface area contributed by atoms with E-state index in [0.29, 0.717) is 0 Å². The number of hydrogen-bond donors (Lipinski definition) is 1. The Morgan fingerprint density at radius 1 is 1.41 bits per heavy atom. The van der Waals surface area contributed by atoms with Crippen molar-refractivity contribution in [3.05, 3.63) is 24.3 Å². The van der Waals surface area contributed by atoms with Gasteiger partial charge in [-0.1, -0.05) is 18.2 Å². The van der Waals surface area contributed by atoms with Gasteiger partial charge in [0.1, 0.15) is 6.17 Å². The summed E-state index contributed by atoms with van der Waals surface area (Å²) in [5.74, 6) is -0.498. The number of carbonyl (C=O) groups excluding carboxylic acids is 1. The summed E-state index contributed by atoms with van der Waals surface area (Å²) in [7, 11) is 0. The van der Waals surface area contributed by atoms with Crippen LogP contribution in [0.1, 0.15) is 12.8 Å². The van der Waals surface area contributed by atoms with Crippen molar-refractivity contribution < 1.29 is 23.8 Å². The van der Waals surface area contributed by atoms with Crippen molar-refractivity contribution in [1.82, 2.24) is 0 Å². The lowest BCUT2D eigenvalue weighted by atomic mass is 10.2. The largest absolute Gasteiger partial charge is 0.455 e. The molecule has 0 heterocycles. The summed E-state index contributed by atoms with van der Waals surface area (Å²) in [6.45, 7) is 0.274. The number of ether oxygens (including phenoxy) is 2. The normalized spacial score (nSPS) is 23.4. The van der Waals surface area contributed by atoms with Crippen LogP contribution < -0.4 is 0 Å². The van der Waals surface area contributed by atoms with E-state index in [1.165, 1.54) is 6.08 Å². The van der Waals surface area contributed by atoms with E-state index in [-0.39, 0.29) is 32.7 Å². The molecule has 0 aromatic heterocycles. The van der Waals surface area contributed by atoms with Gasteiger partial charge in [0.15, 0.2) is 6.10 Å². The van der Waals surface area contributed by atoms with Gasteiger partial charge in [-0.25, -0.2) is 4.39 Å². The van der Waals surface area contributed by atoms with Crippen LogP contribution in [0, 0.1) is 0 Å². The number of allylic oxidation sites excluding steroid dienone is 3. The number of carbonyl (C=O) groups is 1. The number of alkyl halides is 1. The minimum atomic E-state index is -1.20. The van der Waals surface area contributed by atoms with Crippen molar-refractivity contribution in [3.63, 3.8) is 0 Å². The van der Waals surface area contributed by atoms with Gasteiger partial charge >= 0.3 is 5.97 Å². The first-order chi connectivity index (χ1) is 8.24. The third kappa shape index (κ3) is 5.60. The second-order valence-electron chi connectivity index (χ2n) is 3.61. The average molecular weight is 244 g/mol. The van der Waals surface area contributed by atoms with Gasteiger partial charge in [0, 0.05) is 6.42 Å². The van der Waals surface area contributed by atoms with Crippen LogP contribution in [0.2, 0.25) is 0 Å². The first-order valence-corrected chi connectivity index (χ1v) is 5.59. The minimum absolute atomic E-state index is 0.0600. The van der Waals surface area contributed by atoms with E-state index in [1.807, 2.05) is 0 Å². The third-order valence-corrected chi connectivity index (χ3v) is 2.22. The first kappa shape index (κ1) is 13.9.